The van der Waals surface area contributed by atoms with Gasteiger partial charge in [-0.3, -0.25) is 4.79 Å². The summed E-state index contributed by atoms with van der Waals surface area (Å²) < 4.78 is 5.55. The van der Waals surface area contributed by atoms with E-state index in [1.807, 2.05) is 32.0 Å². The zero-order valence-corrected chi connectivity index (χ0v) is 12.1. The van der Waals surface area contributed by atoms with Crippen molar-refractivity contribution >= 4 is 5.91 Å². The average Bonchev–Trinajstić information content (AvgIpc) is 2.42. The van der Waals surface area contributed by atoms with Crippen molar-refractivity contribution in [1.82, 2.24) is 4.90 Å². The van der Waals surface area contributed by atoms with E-state index in [1.165, 1.54) is 10.5 Å². The predicted molar refractivity (Wildman–Crippen MR) is 76.8 cm³/mol. The fourth-order valence-corrected chi connectivity index (χ4v) is 1.82. The summed E-state index contributed by atoms with van der Waals surface area (Å²) >= 11 is 0. The molecule has 1 aromatic rings. The predicted octanol–water partition coefficient (Wildman–Crippen LogP) is 0.886. The third kappa shape index (κ3) is 5.19. The monoisotopic (exact) mass is 281 g/mol. The van der Waals surface area contributed by atoms with Gasteiger partial charge in [0.25, 0.3) is 0 Å². The number of carbonyl (C=O) groups is 1. The second-order valence-electron chi connectivity index (χ2n) is 4.67. The van der Waals surface area contributed by atoms with E-state index in [-0.39, 0.29) is 45.2 Å². The van der Waals surface area contributed by atoms with E-state index in [1.54, 1.807) is 0 Å². The topological polar surface area (TPSA) is 70.0 Å². The number of hydrogen-bond donors (Lipinski definition) is 2. The molecule has 0 aliphatic carbocycles. The summed E-state index contributed by atoms with van der Waals surface area (Å²) in [6.45, 7) is 4.59. The van der Waals surface area contributed by atoms with Crippen molar-refractivity contribution in [3.63, 3.8) is 0 Å². The molecule has 2 N–H and O–H groups in total. The molecule has 1 aromatic carbocycles. The highest BCUT2D eigenvalue weighted by Crippen LogP contribution is 2.16. The highest BCUT2D eigenvalue weighted by Gasteiger charge is 2.12. The van der Waals surface area contributed by atoms with E-state index in [2.05, 4.69) is 0 Å². The summed E-state index contributed by atoms with van der Waals surface area (Å²) in [7, 11) is 0. The first kappa shape index (κ1) is 16.5. The minimum Gasteiger partial charge on any atom is -0.493 e. The van der Waals surface area contributed by atoms with E-state index in [0.717, 1.165) is 11.3 Å². The molecule has 0 aliphatic heterocycles. The van der Waals surface area contributed by atoms with E-state index >= 15 is 0 Å². The zero-order chi connectivity index (χ0) is 15.0. The summed E-state index contributed by atoms with van der Waals surface area (Å²) in [5, 5.41) is 17.7. The van der Waals surface area contributed by atoms with Crippen LogP contribution in [0.25, 0.3) is 0 Å². The van der Waals surface area contributed by atoms with E-state index in [0.29, 0.717) is 0 Å². The Hall–Kier alpha value is -1.59. The minimum absolute atomic E-state index is 0.107. The van der Waals surface area contributed by atoms with Gasteiger partial charge in [-0.25, -0.2) is 0 Å². The number of nitrogens with zero attached hydrogens (tertiary/aromatic N) is 1. The van der Waals surface area contributed by atoms with Gasteiger partial charge in [-0.1, -0.05) is 6.07 Å². The molecule has 1 rings (SSSR count). The Labute approximate surface area is 119 Å². The second kappa shape index (κ2) is 8.55. The van der Waals surface area contributed by atoms with Crippen LogP contribution in [-0.2, 0) is 4.79 Å². The summed E-state index contributed by atoms with van der Waals surface area (Å²) in [4.78, 5) is 13.3. The van der Waals surface area contributed by atoms with Gasteiger partial charge in [-0.15, -0.1) is 0 Å². The van der Waals surface area contributed by atoms with Gasteiger partial charge in [-0.05, 0) is 37.1 Å². The average molecular weight is 281 g/mol. The number of hydrogen-bond acceptors (Lipinski definition) is 4. The molecule has 0 saturated heterocycles. The lowest BCUT2D eigenvalue weighted by molar-refractivity contribution is -0.132. The first-order valence-corrected chi connectivity index (χ1v) is 6.78. The van der Waals surface area contributed by atoms with Crippen LogP contribution in [-0.4, -0.2) is 53.9 Å². The Morgan fingerprint density at radius 1 is 1.15 bits per heavy atom. The molecule has 0 bridgehead atoms. The van der Waals surface area contributed by atoms with Crippen LogP contribution in [0.2, 0.25) is 0 Å². The van der Waals surface area contributed by atoms with Crippen molar-refractivity contribution < 1.29 is 19.7 Å². The Balaban J connectivity index is 2.42. The SMILES string of the molecule is Cc1ccc(OCCC(=O)N(CCO)CCO)cc1C. The third-order valence-electron chi connectivity index (χ3n) is 3.16. The first-order valence-electron chi connectivity index (χ1n) is 6.78. The van der Waals surface area contributed by atoms with Crippen molar-refractivity contribution in [1.29, 1.82) is 0 Å². The molecule has 0 aromatic heterocycles. The molecule has 112 valence electrons. The number of carbonyl (C=O) groups excluding carboxylic acids is 1. The summed E-state index contributed by atoms with van der Waals surface area (Å²) in [6.07, 6.45) is 0.229. The van der Waals surface area contributed by atoms with Gasteiger partial charge in [0, 0.05) is 13.1 Å². The molecule has 1 amide bonds. The molecule has 20 heavy (non-hydrogen) atoms. The van der Waals surface area contributed by atoms with Gasteiger partial charge in [-0.2, -0.15) is 0 Å². The quantitative estimate of drug-likeness (QED) is 0.742. The molecule has 5 heteroatoms. The lowest BCUT2D eigenvalue weighted by Crippen LogP contribution is -2.36. The molecule has 0 heterocycles. The minimum atomic E-state index is -0.128. The Kier molecular flexibility index (Phi) is 7.04. The maximum absolute atomic E-state index is 11.9. The molecule has 0 spiro atoms. The van der Waals surface area contributed by atoms with Crippen molar-refractivity contribution in [3.8, 4) is 5.75 Å². The third-order valence-corrected chi connectivity index (χ3v) is 3.16. The van der Waals surface area contributed by atoms with Crippen LogP contribution in [0.5, 0.6) is 5.75 Å². The molecule has 0 unspecified atom stereocenters. The van der Waals surface area contributed by atoms with Crippen LogP contribution < -0.4 is 4.74 Å². The number of benzene rings is 1. The molecular formula is C15H23NO4. The van der Waals surface area contributed by atoms with Gasteiger partial charge >= 0.3 is 0 Å². The maximum Gasteiger partial charge on any atom is 0.226 e. The number of rotatable bonds is 8. The Bertz CT molecular complexity index is 428. The van der Waals surface area contributed by atoms with Crippen LogP contribution in [0.1, 0.15) is 17.5 Å². The normalized spacial score (nSPS) is 10.4. The molecule has 0 aliphatic rings. The molecule has 0 atom stereocenters. The van der Waals surface area contributed by atoms with Gasteiger partial charge in [0.2, 0.25) is 5.91 Å². The first-order chi connectivity index (χ1) is 9.58. The van der Waals surface area contributed by atoms with E-state index in [4.69, 9.17) is 14.9 Å². The molecule has 5 nitrogen and oxygen atoms in total. The van der Waals surface area contributed by atoms with Crippen LogP contribution in [0.15, 0.2) is 18.2 Å². The molecule has 0 radical (unpaired) electrons. The fraction of sp³-hybridized carbons (Fsp3) is 0.533. The number of aryl methyl sites for hydroxylation is 2. The summed E-state index contributed by atoms with van der Waals surface area (Å²) in [6, 6.07) is 5.81. The lowest BCUT2D eigenvalue weighted by atomic mass is 10.1. The largest absolute Gasteiger partial charge is 0.493 e. The highest BCUT2D eigenvalue weighted by atomic mass is 16.5. The van der Waals surface area contributed by atoms with Gasteiger partial charge < -0.3 is 19.8 Å². The molecular weight excluding hydrogens is 258 g/mol. The van der Waals surface area contributed by atoms with Crippen molar-refractivity contribution in [2.24, 2.45) is 0 Å². The summed E-state index contributed by atoms with van der Waals surface area (Å²) in [5.41, 5.74) is 2.35. The smallest absolute Gasteiger partial charge is 0.226 e. The lowest BCUT2D eigenvalue weighted by Gasteiger charge is -2.20. The standard InChI is InChI=1S/C15H23NO4/c1-12-3-4-14(11-13(12)2)20-10-5-15(19)16(6-8-17)7-9-18/h3-4,11,17-18H,5-10H2,1-2H3. The van der Waals surface area contributed by atoms with Gasteiger partial charge in [0.15, 0.2) is 0 Å². The number of aliphatic hydroxyl groups is 2. The Morgan fingerprint density at radius 3 is 2.35 bits per heavy atom. The fourth-order valence-electron chi connectivity index (χ4n) is 1.82. The van der Waals surface area contributed by atoms with Crippen LogP contribution >= 0.6 is 0 Å². The van der Waals surface area contributed by atoms with E-state index in [9.17, 15) is 4.79 Å². The van der Waals surface area contributed by atoms with Crippen molar-refractivity contribution in [2.75, 3.05) is 32.9 Å². The van der Waals surface area contributed by atoms with Gasteiger partial charge in [0.1, 0.15) is 5.75 Å². The van der Waals surface area contributed by atoms with Crippen LogP contribution in [0, 0.1) is 13.8 Å². The van der Waals surface area contributed by atoms with Gasteiger partial charge in [0.05, 0.1) is 26.2 Å². The highest BCUT2D eigenvalue weighted by molar-refractivity contribution is 5.76. The second-order valence-corrected chi connectivity index (χ2v) is 4.67. The summed E-state index contributed by atoms with van der Waals surface area (Å²) in [5.74, 6) is 0.619. The Morgan fingerprint density at radius 2 is 1.80 bits per heavy atom. The van der Waals surface area contributed by atoms with Crippen molar-refractivity contribution in [2.45, 2.75) is 20.3 Å². The zero-order valence-electron chi connectivity index (χ0n) is 12.1. The molecule has 0 saturated carbocycles. The van der Waals surface area contributed by atoms with Crippen molar-refractivity contribution in [3.05, 3.63) is 29.3 Å². The number of ether oxygens (including phenoxy) is 1. The molecule has 0 fully saturated rings. The van der Waals surface area contributed by atoms with E-state index < -0.39 is 0 Å². The maximum atomic E-state index is 11.9. The number of amides is 1. The van der Waals surface area contributed by atoms with Crippen LogP contribution in [0.4, 0.5) is 0 Å². The number of aliphatic hydroxyl groups excluding tert-OH is 2. The van der Waals surface area contributed by atoms with Crippen LogP contribution in [0.3, 0.4) is 0 Å².